The van der Waals surface area contributed by atoms with Gasteiger partial charge in [0.15, 0.2) is 0 Å². The maximum Gasteiger partial charge on any atom is 0.0197 e. The van der Waals surface area contributed by atoms with Gasteiger partial charge < -0.3 is 0 Å². The molecule has 0 fully saturated rings. The smallest absolute Gasteiger partial charge is 0.0197 e. The van der Waals surface area contributed by atoms with Gasteiger partial charge >= 0.3 is 0 Å². The Bertz CT molecular complexity index is 773. The Labute approximate surface area is 220 Å². The quantitative estimate of drug-likeness (QED) is 0.350. The normalized spacial score (nSPS) is 15.6. The summed E-state index contributed by atoms with van der Waals surface area (Å²) in [6.07, 6.45) is 0. The summed E-state index contributed by atoms with van der Waals surface area (Å²) in [5, 5.41) is -0.242. The first kappa shape index (κ1) is 32.1. The molecule has 2 unspecified atom stereocenters. The molecule has 0 saturated carbocycles. The van der Waals surface area contributed by atoms with Gasteiger partial charge in [0.05, 0.1) is 0 Å². The molecule has 198 valence electrons. The Balaban J connectivity index is 4.65. The van der Waals surface area contributed by atoms with Gasteiger partial charge in [0, 0.05) is 10.3 Å². The van der Waals surface area contributed by atoms with E-state index in [1.54, 1.807) is 0 Å². The molecule has 0 aromatic heterocycles. The Morgan fingerprint density at radius 1 is 0.353 bits per heavy atom. The highest BCUT2D eigenvalue weighted by molar-refractivity contribution is 7.19. The van der Waals surface area contributed by atoms with Crippen LogP contribution in [0.15, 0.2) is 12.1 Å². The monoisotopic (exact) mass is 506 g/mol. The number of hydrogen-bond acceptors (Lipinski definition) is 0. The van der Waals surface area contributed by atoms with Gasteiger partial charge in [0.2, 0.25) is 0 Å². The summed E-state index contributed by atoms with van der Waals surface area (Å²) in [4.78, 5) is 0. The topological polar surface area (TPSA) is 0 Å². The fourth-order valence-corrected chi connectivity index (χ4v) is 6.84. The first-order valence-corrected chi connectivity index (χ1v) is 14.4. The molecule has 1 aromatic carbocycles. The molecule has 34 heavy (non-hydrogen) atoms. The molecule has 0 nitrogen and oxygen atoms in total. The predicted molar refractivity (Wildman–Crippen MR) is 164 cm³/mol. The van der Waals surface area contributed by atoms with Crippen molar-refractivity contribution in [2.24, 2.45) is 21.7 Å². The van der Waals surface area contributed by atoms with Crippen molar-refractivity contribution in [3.05, 3.63) is 34.4 Å². The van der Waals surface area contributed by atoms with Crippen LogP contribution in [0, 0.1) is 21.7 Å². The van der Waals surface area contributed by atoms with E-state index in [0.29, 0.717) is 0 Å². The van der Waals surface area contributed by atoms with Crippen LogP contribution in [-0.4, -0.2) is 0 Å². The fraction of sp³-hybridized carbons (Fsp3) is 0.812. The summed E-state index contributed by atoms with van der Waals surface area (Å²) in [7, 11) is 6.80. The fourth-order valence-electron chi connectivity index (χ4n) is 6.36. The van der Waals surface area contributed by atoms with Gasteiger partial charge in [-0.1, -0.05) is 137 Å². The number of rotatable bonds is 2. The van der Waals surface area contributed by atoms with Crippen LogP contribution >= 0.6 is 18.5 Å². The molecule has 0 aliphatic carbocycles. The van der Waals surface area contributed by atoms with Gasteiger partial charge in [0.1, 0.15) is 0 Å². The van der Waals surface area contributed by atoms with E-state index in [1.807, 2.05) is 0 Å². The van der Waals surface area contributed by atoms with Gasteiger partial charge in [-0.25, -0.2) is 0 Å². The molecule has 0 aliphatic rings. The standard InChI is InChI=1S/C32H60P2/c1-25(2,3)21-19-23(31(33,27(7,8)9)28(10,11)12)24(20-22(21)26(4,5)6)32(34,29(13,14)15)30(16,17)18/h19-20H,33-34H2,1-18H3. The first-order chi connectivity index (χ1) is 14.5. The van der Waals surface area contributed by atoms with Crippen LogP contribution < -0.4 is 0 Å². The van der Waals surface area contributed by atoms with Crippen LogP contribution in [0.4, 0.5) is 0 Å². The molecule has 0 spiro atoms. The molecule has 0 radical (unpaired) electrons. The van der Waals surface area contributed by atoms with E-state index in [0.717, 1.165) is 0 Å². The molecular weight excluding hydrogens is 446 g/mol. The second-order valence-electron chi connectivity index (χ2n) is 17.1. The second-order valence-corrected chi connectivity index (χ2v) is 18.8. The van der Waals surface area contributed by atoms with Crippen LogP contribution in [0.1, 0.15) is 147 Å². The van der Waals surface area contributed by atoms with E-state index in [1.165, 1.54) is 22.3 Å². The average Bonchev–Trinajstić information content (AvgIpc) is 2.53. The molecular formula is C32H60P2. The Morgan fingerprint density at radius 2 is 0.529 bits per heavy atom. The minimum Gasteiger partial charge on any atom is -0.125 e. The Hall–Kier alpha value is 0.0800. The third-order valence-corrected chi connectivity index (χ3v) is 12.4. The second kappa shape index (κ2) is 8.83. The van der Waals surface area contributed by atoms with Crippen molar-refractivity contribution in [3.8, 4) is 0 Å². The SMILES string of the molecule is CC(C)(C)c1cc(C(P)(C(C)(C)C)C(C)(C)C)c(C(P)(C(C)(C)C)C(C)(C)C)cc1C(C)(C)C. The number of hydrogen-bond donors (Lipinski definition) is 0. The lowest BCUT2D eigenvalue weighted by molar-refractivity contribution is 0.117. The first-order valence-electron chi connectivity index (χ1n) is 13.2. The highest BCUT2D eigenvalue weighted by atomic mass is 31.0. The zero-order valence-corrected chi connectivity index (χ0v) is 28.6. The van der Waals surface area contributed by atoms with E-state index in [9.17, 15) is 0 Å². The molecule has 0 saturated heterocycles. The van der Waals surface area contributed by atoms with Gasteiger partial charge in [-0.3, -0.25) is 0 Å². The summed E-state index contributed by atoms with van der Waals surface area (Å²) in [6, 6.07) is 5.24. The lowest BCUT2D eigenvalue weighted by atomic mass is 9.55. The van der Waals surface area contributed by atoms with Crippen molar-refractivity contribution >= 4 is 18.5 Å². The highest BCUT2D eigenvalue weighted by Crippen LogP contribution is 2.65. The molecule has 1 aromatic rings. The molecule has 0 heterocycles. The van der Waals surface area contributed by atoms with E-state index in [2.05, 4.69) is 155 Å². The third-order valence-electron chi connectivity index (χ3n) is 8.36. The van der Waals surface area contributed by atoms with Gasteiger partial charge in [-0.05, 0) is 54.7 Å². The summed E-state index contributed by atoms with van der Waals surface area (Å²) >= 11 is 0. The maximum atomic E-state index is 3.40. The highest BCUT2D eigenvalue weighted by Gasteiger charge is 2.55. The zero-order valence-electron chi connectivity index (χ0n) is 26.3. The summed E-state index contributed by atoms with van der Waals surface area (Å²) in [5.41, 5.74) is 6.26. The predicted octanol–water partition coefficient (Wildman–Crippen LogP) is 10.6. The van der Waals surface area contributed by atoms with E-state index >= 15 is 0 Å². The van der Waals surface area contributed by atoms with E-state index in [-0.39, 0.29) is 42.8 Å². The zero-order chi connectivity index (χ0) is 27.7. The van der Waals surface area contributed by atoms with Gasteiger partial charge in [0.25, 0.3) is 0 Å². The molecule has 2 atom stereocenters. The largest absolute Gasteiger partial charge is 0.125 e. The van der Waals surface area contributed by atoms with E-state index < -0.39 is 0 Å². The lowest BCUT2D eigenvalue weighted by Crippen LogP contribution is -2.51. The minimum atomic E-state index is -0.121. The molecule has 0 N–H and O–H groups in total. The number of benzene rings is 1. The van der Waals surface area contributed by atoms with Crippen LogP contribution in [0.3, 0.4) is 0 Å². The van der Waals surface area contributed by atoms with Crippen LogP contribution in [0.2, 0.25) is 0 Å². The van der Waals surface area contributed by atoms with E-state index in [4.69, 9.17) is 0 Å². The summed E-state index contributed by atoms with van der Waals surface area (Å²) < 4.78 is 0. The lowest BCUT2D eigenvalue weighted by Gasteiger charge is -2.58. The Kier molecular flexibility index (Phi) is 8.34. The summed E-state index contributed by atoms with van der Waals surface area (Å²) in [5.74, 6) is 0. The average molecular weight is 507 g/mol. The minimum absolute atomic E-state index is 0.0460. The Morgan fingerprint density at radius 3 is 0.647 bits per heavy atom. The van der Waals surface area contributed by atoms with Crippen molar-refractivity contribution in [2.45, 2.75) is 146 Å². The van der Waals surface area contributed by atoms with Gasteiger partial charge in [-0.2, -0.15) is 0 Å². The summed E-state index contributed by atoms with van der Waals surface area (Å²) in [6.45, 7) is 43.3. The molecule has 0 amide bonds. The van der Waals surface area contributed by atoms with Gasteiger partial charge in [-0.15, -0.1) is 18.5 Å². The van der Waals surface area contributed by atoms with Crippen LogP contribution in [0.5, 0.6) is 0 Å². The van der Waals surface area contributed by atoms with Crippen molar-refractivity contribution in [1.82, 2.24) is 0 Å². The molecule has 0 bridgehead atoms. The van der Waals surface area contributed by atoms with Crippen LogP contribution in [0.25, 0.3) is 0 Å². The molecule has 2 heteroatoms. The van der Waals surface area contributed by atoms with Crippen molar-refractivity contribution in [3.63, 3.8) is 0 Å². The van der Waals surface area contributed by atoms with Crippen molar-refractivity contribution < 1.29 is 0 Å². The molecule has 0 aliphatic heterocycles. The third kappa shape index (κ3) is 5.35. The molecule has 1 rings (SSSR count). The van der Waals surface area contributed by atoms with Crippen LogP contribution in [-0.2, 0) is 21.1 Å². The maximum absolute atomic E-state index is 3.40. The van der Waals surface area contributed by atoms with Crippen molar-refractivity contribution in [2.75, 3.05) is 0 Å². The van der Waals surface area contributed by atoms with Crippen molar-refractivity contribution in [1.29, 1.82) is 0 Å².